The molecule has 0 spiro atoms. The maximum absolute atomic E-state index is 6.16. The van der Waals surface area contributed by atoms with Crippen molar-refractivity contribution in [2.75, 3.05) is 26.2 Å². The summed E-state index contributed by atoms with van der Waals surface area (Å²) in [4.78, 5) is 4.59. The van der Waals surface area contributed by atoms with Gasteiger partial charge in [0, 0.05) is 24.7 Å². The monoisotopic (exact) mass is 437 g/mol. The molecule has 2 rings (SSSR count). The number of benzene rings is 1. The molecule has 1 aliphatic rings. The van der Waals surface area contributed by atoms with Crippen LogP contribution in [0.15, 0.2) is 29.3 Å². The number of ether oxygens (including phenoxy) is 1. The summed E-state index contributed by atoms with van der Waals surface area (Å²) < 4.78 is 5.59. The minimum absolute atomic E-state index is 0. The molecule has 1 atom stereocenters. The van der Waals surface area contributed by atoms with Gasteiger partial charge in [0.25, 0.3) is 0 Å². The minimum Gasteiger partial charge on any atom is -0.376 e. The van der Waals surface area contributed by atoms with Crippen molar-refractivity contribution in [3.8, 4) is 0 Å². The van der Waals surface area contributed by atoms with E-state index in [1.165, 1.54) is 0 Å². The molecular formula is C16H25ClIN3O. The summed E-state index contributed by atoms with van der Waals surface area (Å²) in [6.45, 7) is 5.32. The maximum Gasteiger partial charge on any atom is 0.191 e. The Labute approximate surface area is 155 Å². The van der Waals surface area contributed by atoms with Crippen molar-refractivity contribution in [2.45, 2.75) is 32.3 Å². The van der Waals surface area contributed by atoms with Gasteiger partial charge in [0.05, 0.1) is 12.6 Å². The van der Waals surface area contributed by atoms with Gasteiger partial charge in [-0.05, 0) is 37.8 Å². The van der Waals surface area contributed by atoms with Crippen LogP contribution in [0.25, 0.3) is 0 Å². The van der Waals surface area contributed by atoms with E-state index in [0.717, 1.165) is 62.0 Å². The Morgan fingerprint density at radius 1 is 1.36 bits per heavy atom. The molecule has 1 aromatic carbocycles. The molecule has 1 fully saturated rings. The Morgan fingerprint density at radius 2 is 2.18 bits per heavy atom. The summed E-state index contributed by atoms with van der Waals surface area (Å²) in [6, 6.07) is 7.94. The first-order valence-corrected chi connectivity index (χ1v) is 8.04. The highest BCUT2D eigenvalue weighted by Crippen LogP contribution is 2.15. The maximum atomic E-state index is 6.16. The molecule has 1 heterocycles. The van der Waals surface area contributed by atoms with Crippen LogP contribution in [0.4, 0.5) is 0 Å². The van der Waals surface area contributed by atoms with Crippen LogP contribution in [-0.2, 0) is 11.2 Å². The number of halogens is 2. The lowest BCUT2D eigenvalue weighted by Gasteiger charge is -2.13. The van der Waals surface area contributed by atoms with Crippen molar-refractivity contribution in [2.24, 2.45) is 4.99 Å². The third-order valence-electron chi connectivity index (χ3n) is 3.47. The Bertz CT molecular complexity index is 464. The number of nitrogens with one attached hydrogen (secondary N) is 2. The second kappa shape index (κ2) is 11.1. The van der Waals surface area contributed by atoms with E-state index in [0.29, 0.717) is 0 Å². The second-order valence-electron chi connectivity index (χ2n) is 5.12. The summed E-state index contributed by atoms with van der Waals surface area (Å²) in [7, 11) is 0. The highest BCUT2D eigenvalue weighted by atomic mass is 127. The number of guanidine groups is 1. The van der Waals surface area contributed by atoms with Gasteiger partial charge >= 0.3 is 0 Å². The molecule has 4 nitrogen and oxygen atoms in total. The lowest BCUT2D eigenvalue weighted by molar-refractivity contribution is 0.117. The van der Waals surface area contributed by atoms with Crippen LogP contribution in [0.2, 0.25) is 5.02 Å². The van der Waals surface area contributed by atoms with Crippen molar-refractivity contribution in [1.82, 2.24) is 10.6 Å². The predicted molar refractivity (Wildman–Crippen MR) is 104 cm³/mol. The predicted octanol–water partition coefficient (Wildman–Crippen LogP) is 3.23. The van der Waals surface area contributed by atoms with Crippen molar-refractivity contribution < 1.29 is 4.74 Å². The average Bonchev–Trinajstić information content (AvgIpc) is 3.00. The highest BCUT2D eigenvalue weighted by Gasteiger charge is 2.14. The Hall–Kier alpha value is -0.530. The van der Waals surface area contributed by atoms with Gasteiger partial charge < -0.3 is 15.4 Å². The normalized spacial score (nSPS) is 17.9. The zero-order valence-corrected chi connectivity index (χ0v) is 16.1. The number of hydrogen-bond acceptors (Lipinski definition) is 2. The van der Waals surface area contributed by atoms with E-state index in [4.69, 9.17) is 16.3 Å². The number of rotatable bonds is 6. The topological polar surface area (TPSA) is 45.7 Å². The summed E-state index contributed by atoms with van der Waals surface area (Å²) in [5.74, 6) is 0.847. The zero-order valence-electron chi connectivity index (χ0n) is 13.0. The fourth-order valence-corrected chi connectivity index (χ4v) is 2.57. The van der Waals surface area contributed by atoms with Gasteiger partial charge in [-0.1, -0.05) is 29.8 Å². The fourth-order valence-electron chi connectivity index (χ4n) is 2.34. The fraction of sp³-hybridized carbons (Fsp3) is 0.562. The van der Waals surface area contributed by atoms with Crippen molar-refractivity contribution in [3.05, 3.63) is 34.9 Å². The molecule has 1 saturated heterocycles. The van der Waals surface area contributed by atoms with E-state index in [-0.39, 0.29) is 30.1 Å². The number of nitrogens with zero attached hydrogens (tertiary/aromatic N) is 1. The second-order valence-corrected chi connectivity index (χ2v) is 5.53. The SMILES string of the molecule is CCNC(=NCC1CCCO1)NCCc1ccccc1Cl.I. The molecule has 0 aliphatic carbocycles. The molecule has 1 aromatic rings. The van der Waals surface area contributed by atoms with Crippen LogP contribution in [-0.4, -0.2) is 38.3 Å². The molecule has 6 heteroatoms. The largest absolute Gasteiger partial charge is 0.376 e. The van der Waals surface area contributed by atoms with Gasteiger partial charge in [-0.25, -0.2) is 0 Å². The summed E-state index contributed by atoms with van der Waals surface area (Å²) in [5.41, 5.74) is 1.15. The first kappa shape index (κ1) is 19.5. The highest BCUT2D eigenvalue weighted by molar-refractivity contribution is 14.0. The summed E-state index contributed by atoms with van der Waals surface area (Å²) >= 11 is 6.16. The zero-order chi connectivity index (χ0) is 14.9. The third kappa shape index (κ3) is 6.71. The van der Waals surface area contributed by atoms with E-state index < -0.39 is 0 Å². The quantitative estimate of drug-likeness (QED) is 0.408. The van der Waals surface area contributed by atoms with Gasteiger partial charge in [0.15, 0.2) is 5.96 Å². The third-order valence-corrected chi connectivity index (χ3v) is 3.83. The smallest absolute Gasteiger partial charge is 0.191 e. The molecule has 2 N–H and O–H groups in total. The number of aliphatic imine (C=N–C) groups is 1. The Kier molecular flexibility index (Phi) is 9.82. The van der Waals surface area contributed by atoms with E-state index in [9.17, 15) is 0 Å². The molecule has 22 heavy (non-hydrogen) atoms. The standard InChI is InChI=1S/C16H24ClN3O.HI/c1-2-18-16(20-12-14-7-5-11-21-14)19-10-9-13-6-3-4-8-15(13)17;/h3-4,6,8,14H,2,5,7,9-12H2,1H3,(H2,18,19,20);1H. The Balaban J connectivity index is 0.00000242. The van der Waals surface area contributed by atoms with Gasteiger partial charge in [0.1, 0.15) is 0 Å². The van der Waals surface area contributed by atoms with Crippen LogP contribution in [0.1, 0.15) is 25.3 Å². The van der Waals surface area contributed by atoms with Crippen LogP contribution in [0, 0.1) is 0 Å². The van der Waals surface area contributed by atoms with Crippen LogP contribution in [0.5, 0.6) is 0 Å². The lowest BCUT2D eigenvalue weighted by atomic mass is 10.1. The lowest BCUT2D eigenvalue weighted by Crippen LogP contribution is -2.39. The molecule has 0 radical (unpaired) electrons. The van der Waals surface area contributed by atoms with Crippen LogP contribution >= 0.6 is 35.6 Å². The molecule has 0 aromatic heterocycles. The molecule has 1 aliphatic heterocycles. The van der Waals surface area contributed by atoms with Gasteiger partial charge in [-0.3, -0.25) is 4.99 Å². The number of hydrogen-bond donors (Lipinski definition) is 2. The van der Waals surface area contributed by atoms with Crippen molar-refractivity contribution in [1.29, 1.82) is 0 Å². The van der Waals surface area contributed by atoms with E-state index >= 15 is 0 Å². The van der Waals surface area contributed by atoms with Crippen LogP contribution < -0.4 is 10.6 Å². The first-order valence-electron chi connectivity index (χ1n) is 7.66. The minimum atomic E-state index is 0. The molecule has 124 valence electrons. The first-order chi connectivity index (χ1) is 10.3. The van der Waals surface area contributed by atoms with Crippen molar-refractivity contribution in [3.63, 3.8) is 0 Å². The van der Waals surface area contributed by atoms with E-state index in [2.05, 4.69) is 28.6 Å². The van der Waals surface area contributed by atoms with E-state index in [1.54, 1.807) is 0 Å². The average molecular weight is 438 g/mol. The van der Waals surface area contributed by atoms with Gasteiger partial charge in [-0.2, -0.15) is 0 Å². The summed E-state index contributed by atoms with van der Waals surface area (Å²) in [5, 5.41) is 7.42. The molecule has 1 unspecified atom stereocenters. The van der Waals surface area contributed by atoms with Crippen molar-refractivity contribution >= 4 is 41.5 Å². The molecular weight excluding hydrogens is 413 g/mol. The Morgan fingerprint density at radius 3 is 2.86 bits per heavy atom. The van der Waals surface area contributed by atoms with Gasteiger partial charge in [-0.15, -0.1) is 24.0 Å². The molecule has 0 saturated carbocycles. The van der Waals surface area contributed by atoms with Gasteiger partial charge in [0.2, 0.25) is 0 Å². The molecule has 0 bridgehead atoms. The van der Waals surface area contributed by atoms with E-state index in [1.807, 2.05) is 18.2 Å². The molecule has 0 amide bonds. The van der Waals surface area contributed by atoms with Crippen LogP contribution in [0.3, 0.4) is 0 Å². The summed E-state index contributed by atoms with van der Waals surface area (Å²) in [6.07, 6.45) is 3.42.